The highest BCUT2D eigenvalue weighted by molar-refractivity contribution is 6.28. The fourth-order valence-corrected chi connectivity index (χ4v) is 3.68. The van der Waals surface area contributed by atoms with E-state index in [1.165, 1.54) is 24.1 Å². The second-order valence-electron chi connectivity index (χ2n) is 8.49. The molecule has 2 rings (SSSR count). The first-order valence-electron chi connectivity index (χ1n) is 10.4. The standard InChI is InChI=1S/C23H35ClN4/c1-7-8-18(6)19-9-10-21(28(14-16(2)3)15-17(4)5)20(13-19)26-22-11-12-25-23(24)27-22/h9-13,16-18H,7-8,14-15H2,1-6H3,(H,25,26,27). The summed E-state index contributed by atoms with van der Waals surface area (Å²) in [6, 6.07) is 8.67. The molecule has 28 heavy (non-hydrogen) atoms. The summed E-state index contributed by atoms with van der Waals surface area (Å²) < 4.78 is 0. The molecule has 0 aliphatic heterocycles. The second-order valence-corrected chi connectivity index (χ2v) is 8.83. The van der Waals surface area contributed by atoms with E-state index in [0.717, 1.165) is 24.6 Å². The van der Waals surface area contributed by atoms with E-state index >= 15 is 0 Å². The van der Waals surface area contributed by atoms with E-state index < -0.39 is 0 Å². The molecule has 4 nitrogen and oxygen atoms in total. The lowest BCUT2D eigenvalue weighted by Gasteiger charge is -2.31. The number of aromatic nitrogens is 2. The molecule has 0 saturated heterocycles. The molecule has 1 N–H and O–H groups in total. The summed E-state index contributed by atoms with van der Waals surface area (Å²) in [5.41, 5.74) is 3.64. The molecule has 154 valence electrons. The number of hydrogen-bond donors (Lipinski definition) is 1. The lowest BCUT2D eigenvalue weighted by atomic mass is 9.95. The predicted octanol–water partition coefficient (Wildman–Crippen LogP) is 6.90. The van der Waals surface area contributed by atoms with Crippen molar-refractivity contribution < 1.29 is 0 Å². The molecule has 1 aromatic heterocycles. The lowest BCUT2D eigenvalue weighted by molar-refractivity contribution is 0.553. The fourth-order valence-electron chi connectivity index (χ4n) is 3.53. The normalized spacial score (nSPS) is 12.5. The molecule has 2 aromatic rings. The van der Waals surface area contributed by atoms with E-state index in [4.69, 9.17) is 11.6 Å². The van der Waals surface area contributed by atoms with Crippen LogP contribution in [0.25, 0.3) is 0 Å². The van der Waals surface area contributed by atoms with Crippen molar-refractivity contribution in [2.75, 3.05) is 23.3 Å². The topological polar surface area (TPSA) is 41.0 Å². The third-order valence-corrected chi connectivity index (χ3v) is 4.89. The zero-order valence-corrected chi connectivity index (χ0v) is 18.9. The van der Waals surface area contributed by atoms with Crippen LogP contribution in [0, 0.1) is 11.8 Å². The van der Waals surface area contributed by atoms with Crippen LogP contribution >= 0.6 is 11.6 Å². The molecule has 0 aliphatic rings. The Bertz CT molecular complexity index is 735. The molecule has 0 saturated carbocycles. The van der Waals surface area contributed by atoms with Gasteiger partial charge in [-0.05, 0) is 59.5 Å². The van der Waals surface area contributed by atoms with Crippen molar-refractivity contribution in [1.82, 2.24) is 9.97 Å². The zero-order chi connectivity index (χ0) is 20.7. The SMILES string of the molecule is CCCC(C)c1ccc(N(CC(C)C)CC(C)C)c(Nc2ccnc(Cl)n2)c1. The van der Waals surface area contributed by atoms with E-state index in [2.05, 4.69) is 79.9 Å². The predicted molar refractivity (Wildman–Crippen MR) is 122 cm³/mol. The van der Waals surface area contributed by atoms with E-state index in [-0.39, 0.29) is 5.28 Å². The molecule has 1 heterocycles. The highest BCUT2D eigenvalue weighted by Gasteiger charge is 2.17. The first-order chi connectivity index (χ1) is 13.3. The lowest BCUT2D eigenvalue weighted by Crippen LogP contribution is -2.31. The van der Waals surface area contributed by atoms with Gasteiger partial charge in [0.1, 0.15) is 5.82 Å². The van der Waals surface area contributed by atoms with Crippen LogP contribution in [0.4, 0.5) is 17.2 Å². The fraction of sp³-hybridized carbons (Fsp3) is 0.565. The molecule has 0 fully saturated rings. The quantitative estimate of drug-likeness (QED) is 0.439. The van der Waals surface area contributed by atoms with Crippen LogP contribution in [0.15, 0.2) is 30.5 Å². The Morgan fingerprint density at radius 3 is 2.29 bits per heavy atom. The van der Waals surface area contributed by atoms with Crippen molar-refractivity contribution in [3.05, 3.63) is 41.3 Å². The maximum atomic E-state index is 6.00. The van der Waals surface area contributed by atoms with Crippen LogP contribution in [-0.2, 0) is 0 Å². The number of nitrogens with zero attached hydrogens (tertiary/aromatic N) is 3. The molecule has 0 aliphatic carbocycles. The van der Waals surface area contributed by atoms with Crippen molar-refractivity contribution in [1.29, 1.82) is 0 Å². The maximum absolute atomic E-state index is 6.00. The summed E-state index contributed by atoms with van der Waals surface area (Å²) in [7, 11) is 0. The van der Waals surface area contributed by atoms with Crippen LogP contribution in [0.1, 0.15) is 65.9 Å². The van der Waals surface area contributed by atoms with Crippen molar-refractivity contribution in [2.45, 2.75) is 60.3 Å². The Hall–Kier alpha value is -1.81. The highest BCUT2D eigenvalue weighted by Crippen LogP contribution is 2.34. The van der Waals surface area contributed by atoms with Crippen LogP contribution in [0.3, 0.4) is 0 Å². The van der Waals surface area contributed by atoms with E-state index in [0.29, 0.717) is 17.8 Å². The number of anilines is 3. The van der Waals surface area contributed by atoms with Gasteiger partial charge in [-0.2, -0.15) is 0 Å². The maximum Gasteiger partial charge on any atom is 0.224 e. The molecule has 0 spiro atoms. The van der Waals surface area contributed by atoms with Gasteiger partial charge in [-0.25, -0.2) is 9.97 Å². The Kier molecular flexibility index (Phi) is 8.56. The first-order valence-corrected chi connectivity index (χ1v) is 10.8. The Labute approximate surface area is 175 Å². The van der Waals surface area contributed by atoms with Gasteiger partial charge in [-0.1, -0.05) is 54.0 Å². The van der Waals surface area contributed by atoms with Gasteiger partial charge in [0.05, 0.1) is 11.4 Å². The Morgan fingerprint density at radius 1 is 1.04 bits per heavy atom. The van der Waals surface area contributed by atoms with Crippen molar-refractivity contribution in [2.24, 2.45) is 11.8 Å². The largest absolute Gasteiger partial charge is 0.369 e. The minimum atomic E-state index is 0.253. The van der Waals surface area contributed by atoms with Crippen LogP contribution < -0.4 is 10.2 Å². The van der Waals surface area contributed by atoms with Crippen LogP contribution in [0.2, 0.25) is 5.28 Å². The van der Waals surface area contributed by atoms with Gasteiger partial charge in [0.2, 0.25) is 5.28 Å². The summed E-state index contributed by atoms with van der Waals surface area (Å²) >= 11 is 6.00. The van der Waals surface area contributed by atoms with Gasteiger partial charge in [-0.15, -0.1) is 0 Å². The molecule has 1 atom stereocenters. The van der Waals surface area contributed by atoms with Crippen molar-refractivity contribution in [3.63, 3.8) is 0 Å². The average Bonchev–Trinajstić information content (AvgIpc) is 2.60. The summed E-state index contributed by atoms with van der Waals surface area (Å²) in [6.07, 6.45) is 4.04. The second kappa shape index (κ2) is 10.7. The number of halogens is 1. The highest BCUT2D eigenvalue weighted by atomic mass is 35.5. The molecule has 1 aromatic carbocycles. The summed E-state index contributed by atoms with van der Waals surface area (Å²) in [4.78, 5) is 10.8. The monoisotopic (exact) mass is 402 g/mol. The summed E-state index contributed by atoms with van der Waals surface area (Å²) in [6.45, 7) is 15.6. The molecule has 0 bridgehead atoms. The van der Waals surface area contributed by atoms with Gasteiger partial charge in [0, 0.05) is 19.3 Å². The molecule has 5 heteroatoms. The van der Waals surface area contributed by atoms with Crippen molar-refractivity contribution in [3.8, 4) is 0 Å². The summed E-state index contributed by atoms with van der Waals surface area (Å²) in [5.74, 6) is 2.41. The van der Waals surface area contributed by atoms with E-state index in [1.807, 2.05) is 6.07 Å². The number of nitrogens with one attached hydrogen (secondary N) is 1. The number of rotatable bonds is 10. The molecule has 0 radical (unpaired) electrons. The molecule has 0 amide bonds. The van der Waals surface area contributed by atoms with Gasteiger partial charge >= 0.3 is 0 Å². The minimum Gasteiger partial charge on any atom is -0.369 e. The van der Waals surface area contributed by atoms with Gasteiger partial charge in [-0.3, -0.25) is 0 Å². The number of hydrogen-bond acceptors (Lipinski definition) is 4. The number of benzene rings is 1. The Balaban J connectivity index is 2.46. The zero-order valence-electron chi connectivity index (χ0n) is 18.2. The van der Waals surface area contributed by atoms with Crippen molar-refractivity contribution >= 4 is 28.8 Å². The van der Waals surface area contributed by atoms with Crippen LogP contribution in [-0.4, -0.2) is 23.1 Å². The molecular formula is C23H35ClN4. The van der Waals surface area contributed by atoms with Gasteiger partial charge in [0.25, 0.3) is 0 Å². The van der Waals surface area contributed by atoms with E-state index in [9.17, 15) is 0 Å². The average molecular weight is 403 g/mol. The van der Waals surface area contributed by atoms with Gasteiger partial charge in [0.15, 0.2) is 0 Å². The molecule has 1 unspecified atom stereocenters. The first kappa shape index (κ1) is 22.5. The minimum absolute atomic E-state index is 0.253. The van der Waals surface area contributed by atoms with Crippen LogP contribution in [0.5, 0.6) is 0 Å². The third kappa shape index (κ3) is 6.66. The van der Waals surface area contributed by atoms with E-state index in [1.54, 1.807) is 6.20 Å². The third-order valence-electron chi connectivity index (χ3n) is 4.71. The Morgan fingerprint density at radius 2 is 1.71 bits per heavy atom. The smallest absolute Gasteiger partial charge is 0.224 e. The molecular weight excluding hydrogens is 368 g/mol. The van der Waals surface area contributed by atoms with Gasteiger partial charge < -0.3 is 10.2 Å². The summed E-state index contributed by atoms with van der Waals surface area (Å²) in [5, 5.41) is 3.75.